The van der Waals surface area contributed by atoms with Crippen molar-refractivity contribution in [2.45, 2.75) is 11.8 Å². The minimum atomic E-state index is -0.137. The highest BCUT2D eigenvalue weighted by Gasteiger charge is 2.10. The molecule has 0 aliphatic heterocycles. The number of nitrogens with zero attached hydrogens (tertiary/aromatic N) is 1. The number of nitrogens with one attached hydrogen (secondary N) is 3. The highest BCUT2D eigenvalue weighted by molar-refractivity contribution is 8.00. The zero-order chi connectivity index (χ0) is 25.5. The monoisotopic (exact) mass is 552 g/mol. The summed E-state index contributed by atoms with van der Waals surface area (Å²) in [7, 11) is 0. The van der Waals surface area contributed by atoms with Crippen molar-refractivity contribution < 1.29 is 9.59 Å². The number of thioether (sulfide) groups is 1. The van der Waals surface area contributed by atoms with E-state index in [0.29, 0.717) is 20.8 Å². The van der Waals surface area contributed by atoms with E-state index in [1.54, 1.807) is 24.3 Å². The van der Waals surface area contributed by atoms with Gasteiger partial charge in [0.15, 0.2) is 16.0 Å². The number of rotatable bonds is 8. The van der Waals surface area contributed by atoms with Crippen molar-refractivity contribution in [3.63, 3.8) is 0 Å². The van der Waals surface area contributed by atoms with Crippen molar-refractivity contribution in [3.05, 3.63) is 88.8 Å². The Morgan fingerprint density at radius 3 is 2.42 bits per heavy atom. The van der Waals surface area contributed by atoms with Crippen LogP contribution < -0.4 is 16.0 Å². The lowest BCUT2D eigenvalue weighted by Crippen LogP contribution is -2.19. The van der Waals surface area contributed by atoms with Crippen LogP contribution in [-0.2, 0) is 4.79 Å². The number of ketones is 1. The molecule has 0 saturated carbocycles. The molecule has 3 aromatic carbocycles. The summed E-state index contributed by atoms with van der Waals surface area (Å²) in [6, 6.07) is 22.2. The molecule has 36 heavy (non-hydrogen) atoms. The Balaban J connectivity index is 1.27. The summed E-state index contributed by atoms with van der Waals surface area (Å²) >= 11 is 14.1. The van der Waals surface area contributed by atoms with Crippen molar-refractivity contribution in [1.82, 2.24) is 4.98 Å². The smallest absolute Gasteiger partial charge is 0.236 e. The van der Waals surface area contributed by atoms with E-state index in [0.717, 1.165) is 27.5 Å². The van der Waals surface area contributed by atoms with Crippen LogP contribution in [0.1, 0.15) is 17.3 Å². The van der Waals surface area contributed by atoms with Crippen molar-refractivity contribution in [2.75, 3.05) is 21.7 Å². The zero-order valence-electron chi connectivity index (χ0n) is 19.1. The van der Waals surface area contributed by atoms with Crippen LogP contribution in [-0.4, -0.2) is 27.5 Å². The standard InChI is InChI=1S/C26H21ClN4O2S3/c1-16(32)17-7-11-20(12-8-17)28-25(34)29-21-3-2-4-22(13-21)35-15-24(33)31-26-30-23(14-36-26)18-5-9-19(27)10-6-18/h2-14H,15H2,1H3,(H2,28,29,34)(H,30,31,33). The van der Waals surface area contributed by atoms with Gasteiger partial charge < -0.3 is 16.0 Å². The molecule has 4 aromatic rings. The molecular formula is C26H21ClN4O2S3. The molecule has 4 rings (SSSR count). The van der Waals surface area contributed by atoms with Crippen LogP contribution >= 0.6 is 46.9 Å². The molecule has 1 aromatic heterocycles. The molecule has 1 heterocycles. The second kappa shape index (κ2) is 12.1. The molecule has 0 aliphatic rings. The molecule has 1 amide bonds. The summed E-state index contributed by atoms with van der Waals surface area (Å²) in [5.41, 5.74) is 3.95. The van der Waals surface area contributed by atoms with Crippen LogP contribution in [0.25, 0.3) is 11.3 Å². The van der Waals surface area contributed by atoms with Gasteiger partial charge in [-0.2, -0.15) is 0 Å². The Morgan fingerprint density at radius 1 is 0.972 bits per heavy atom. The van der Waals surface area contributed by atoms with Crippen LogP contribution in [0, 0.1) is 0 Å². The van der Waals surface area contributed by atoms with Crippen LogP contribution in [0.3, 0.4) is 0 Å². The first-order valence-electron chi connectivity index (χ1n) is 10.8. The number of hydrogen-bond donors (Lipinski definition) is 3. The third-order valence-corrected chi connectivity index (χ3v) is 7.11. The number of aromatic nitrogens is 1. The molecule has 0 spiro atoms. The van der Waals surface area contributed by atoms with Crippen molar-refractivity contribution in [3.8, 4) is 11.3 Å². The number of benzene rings is 3. The Labute approximate surface area is 227 Å². The Hall–Kier alpha value is -3.24. The van der Waals surface area contributed by atoms with E-state index in [4.69, 9.17) is 23.8 Å². The second-order valence-corrected chi connectivity index (χ2v) is 10.4. The number of amides is 1. The van der Waals surface area contributed by atoms with E-state index < -0.39 is 0 Å². The normalized spacial score (nSPS) is 10.5. The highest BCUT2D eigenvalue weighted by Crippen LogP contribution is 2.27. The van der Waals surface area contributed by atoms with Crippen molar-refractivity contribution in [1.29, 1.82) is 0 Å². The van der Waals surface area contributed by atoms with Gasteiger partial charge >= 0.3 is 0 Å². The summed E-state index contributed by atoms with van der Waals surface area (Å²) in [6.07, 6.45) is 0. The summed E-state index contributed by atoms with van der Waals surface area (Å²) in [4.78, 5) is 29.3. The number of thiocarbonyl (C=S) groups is 1. The molecule has 0 fully saturated rings. The molecule has 3 N–H and O–H groups in total. The quantitative estimate of drug-likeness (QED) is 0.121. The molecule has 10 heteroatoms. The Kier molecular flexibility index (Phi) is 8.71. The molecule has 0 unspecified atom stereocenters. The first kappa shape index (κ1) is 25.8. The van der Waals surface area contributed by atoms with Crippen LogP contribution in [0.4, 0.5) is 16.5 Å². The lowest BCUT2D eigenvalue weighted by molar-refractivity contribution is -0.113. The molecule has 6 nitrogen and oxygen atoms in total. The fraction of sp³-hybridized carbons (Fsp3) is 0.0769. The number of hydrogen-bond acceptors (Lipinski definition) is 6. The van der Waals surface area contributed by atoms with E-state index >= 15 is 0 Å². The largest absolute Gasteiger partial charge is 0.332 e. The lowest BCUT2D eigenvalue weighted by atomic mass is 10.1. The average molecular weight is 553 g/mol. The fourth-order valence-corrected chi connectivity index (χ4v) is 4.99. The SMILES string of the molecule is CC(=O)c1ccc(NC(=S)Nc2cccc(SCC(=O)Nc3nc(-c4ccc(Cl)cc4)cs3)c2)cc1. The zero-order valence-corrected chi connectivity index (χ0v) is 22.3. The maximum Gasteiger partial charge on any atom is 0.236 e. The summed E-state index contributed by atoms with van der Waals surface area (Å²) in [5, 5.41) is 12.6. The van der Waals surface area contributed by atoms with E-state index in [1.165, 1.54) is 30.0 Å². The minimum Gasteiger partial charge on any atom is -0.332 e. The van der Waals surface area contributed by atoms with E-state index in [9.17, 15) is 9.59 Å². The van der Waals surface area contributed by atoms with Gasteiger partial charge in [-0.05, 0) is 73.7 Å². The van der Waals surface area contributed by atoms with Crippen molar-refractivity contribution in [2.24, 2.45) is 0 Å². The topological polar surface area (TPSA) is 83.1 Å². The van der Waals surface area contributed by atoms with E-state index in [1.807, 2.05) is 53.9 Å². The van der Waals surface area contributed by atoms with Crippen molar-refractivity contribution >= 4 is 80.2 Å². The van der Waals surface area contributed by atoms with Gasteiger partial charge in [-0.15, -0.1) is 23.1 Å². The van der Waals surface area contributed by atoms with Crippen LogP contribution in [0.2, 0.25) is 5.02 Å². The molecule has 0 bridgehead atoms. The third kappa shape index (κ3) is 7.38. The summed E-state index contributed by atoms with van der Waals surface area (Å²) < 4.78 is 0. The maximum absolute atomic E-state index is 12.5. The molecule has 0 radical (unpaired) electrons. The van der Waals surface area contributed by atoms with Gasteiger partial charge in [0.05, 0.1) is 11.4 Å². The lowest BCUT2D eigenvalue weighted by Gasteiger charge is -2.12. The predicted octanol–water partition coefficient (Wildman–Crippen LogP) is 7.21. The van der Waals surface area contributed by atoms with Gasteiger partial charge in [-0.3, -0.25) is 9.59 Å². The third-order valence-electron chi connectivity index (χ3n) is 4.90. The van der Waals surface area contributed by atoms with Gasteiger partial charge in [-0.1, -0.05) is 29.8 Å². The van der Waals surface area contributed by atoms with Gasteiger partial charge in [0.1, 0.15) is 0 Å². The number of carbonyl (C=O) groups is 2. The number of halogens is 1. The van der Waals surface area contributed by atoms with E-state index in [-0.39, 0.29) is 17.4 Å². The summed E-state index contributed by atoms with van der Waals surface area (Å²) in [5.74, 6) is 0.117. The second-order valence-electron chi connectivity index (χ2n) is 7.62. The van der Waals surface area contributed by atoms with Gasteiger partial charge in [-0.25, -0.2) is 4.98 Å². The molecule has 0 atom stereocenters. The fourth-order valence-electron chi connectivity index (χ4n) is 3.13. The average Bonchev–Trinajstić information content (AvgIpc) is 3.32. The first-order valence-corrected chi connectivity index (χ1v) is 13.4. The molecular weight excluding hydrogens is 532 g/mol. The Bertz CT molecular complexity index is 1390. The number of thiazole rings is 1. The molecule has 182 valence electrons. The first-order chi connectivity index (χ1) is 17.4. The van der Waals surface area contributed by atoms with Gasteiger partial charge in [0, 0.05) is 37.8 Å². The number of Topliss-reactive ketones (excluding diaryl/α,β-unsaturated/α-hetero) is 1. The number of carbonyl (C=O) groups excluding carboxylic acids is 2. The van der Waals surface area contributed by atoms with Crippen LogP contribution in [0.15, 0.2) is 83.1 Å². The van der Waals surface area contributed by atoms with Crippen LogP contribution in [0.5, 0.6) is 0 Å². The number of anilines is 3. The van der Waals surface area contributed by atoms with Gasteiger partial charge in [0.25, 0.3) is 0 Å². The predicted molar refractivity (Wildman–Crippen MR) is 155 cm³/mol. The minimum absolute atomic E-state index is 0.0135. The molecule has 0 aliphatic carbocycles. The highest BCUT2D eigenvalue weighted by atomic mass is 35.5. The molecule has 0 saturated heterocycles. The van der Waals surface area contributed by atoms with Gasteiger partial charge in [0.2, 0.25) is 5.91 Å². The van der Waals surface area contributed by atoms with E-state index in [2.05, 4.69) is 20.9 Å². The Morgan fingerprint density at radius 2 is 1.69 bits per heavy atom. The maximum atomic E-state index is 12.5. The summed E-state index contributed by atoms with van der Waals surface area (Å²) in [6.45, 7) is 1.53.